The van der Waals surface area contributed by atoms with E-state index < -0.39 is 0 Å². The van der Waals surface area contributed by atoms with Crippen LogP contribution in [0.2, 0.25) is 0 Å². The second-order valence-electron chi connectivity index (χ2n) is 7.26. The summed E-state index contributed by atoms with van der Waals surface area (Å²) in [6, 6.07) is 11.8. The van der Waals surface area contributed by atoms with Crippen LogP contribution in [0.1, 0.15) is 36.4 Å². The Morgan fingerprint density at radius 3 is 2.80 bits per heavy atom. The summed E-state index contributed by atoms with van der Waals surface area (Å²) in [4.78, 5) is 14.5. The van der Waals surface area contributed by atoms with Crippen LogP contribution in [0.15, 0.2) is 36.4 Å². The Labute approximate surface area is 147 Å². The Kier molecular flexibility index (Phi) is 4.00. The van der Waals surface area contributed by atoms with Gasteiger partial charge in [0.2, 0.25) is 0 Å². The van der Waals surface area contributed by atoms with E-state index in [-0.39, 0.29) is 18.1 Å². The van der Waals surface area contributed by atoms with Gasteiger partial charge < -0.3 is 10.0 Å². The average Bonchev–Trinajstić information content (AvgIpc) is 3.29. The SMILES string of the molecule is Cn1nc(C2CC2)cc1NC(=O)N1CCC(CO)(c2ccccc2)C1. The number of aliphatic hydroxyl groups excluding tert-OH is 1. The largest absolute Gasteiger partial charge is 0.395 e. The summed E-state index contributed by atoms with van der Waals surface area (Å²) in [6.45, 7) is 1.19. The van der Waals surface area contributed by atoms with Crippen molar-refractivity contribution in [3.63, 3.8) is 0 Å². The van der Waals surface area contributed by atoms with Gasteiger partial charge >= 0.3 is 6.03 Å². The first-order valence-corrected chi connectivity index (χ1v) is 8.87. The summed E-state index contributed by atoms with van der Waals surface area (Å²) >= 11 is 0. The monoisotopic (exact) mass is 340 g/mol. The number of hydrogen-bond donors (Lipinski definition) is 2. The lowest BCUT2D eigenvalue weighted by atomic mass is 9.80. The highest BCUT2D eigenvalue weighted by molar-refractivity contribution is 5.88. The first-order valence-electron chi connectivity index (χ1n) is 8.87. The molecule has 1 aliphatic carbocycles. The van der Waals surface area contributed by atoms with Gasteiger partial charge in [0.1, 0.15) is 5.82 Å². The van der Waals surface area contributed by atoms with Gasteiger partial charge in [0, 0.05) is 37.5 Å². The Morgan fingerprint density at radius 2 is 2.12 bits per heavy atom. The molecule has 0 radical (unpaired) electrons. The Balaban J connectivity index is 1.46. The van der Waals surface area contributed by atoms with Crippen LogP contribution in [0.3, 0.4) is 0 Å². The molecule has 2 aliphatic rings. The van der Waals surface area contributed by atoms with E-state index in [4.69, 9.17) is 0 Å². The van der Waals surface area contributed by atoms with Gasteiger partial charge in [-0.05, 0) is 24.8 Å². The Bertz CT molecular complexity index is 769. The quantitative estimate of drug-likeness (QED) is 0.898. The molecule has 2 heterocycles. The number of aryl methyl sites for hydroxylation is 1. The molecule has 2 amide bonds. The topological polar surface area (TPSA) is 70.4 Å². The number of benzene rings is 1. The van der Waals surface area contributed by atoms with Crippen LogP contribution in [0, 0.1) is 0 Å². The van der Waals surface area contributed by atoms with Crippen LogP contribution in [0.4, 0.5) is 10.6 Å². The molecule has 0 spiro atoms. The van der Waals surface area contributed by atoms with Crippen molar-refractivity contribution in [2.45, 2.75) is 30.6 Å². The second-order valence-corrected chi connectivity index (χ2v) is 7.26. The number of nitrogens with one attached hydrogen (secondary N) is 1. The summed E-state index contributed by atoms with van der Waals surface area (Å²) in [7, 11) is 1.85. The van der Waals surface area contributed by atoms with Crippen LogP contribution in [0.25, 0.3) is 0 Å². The molecule has 6 heteroatoms. The van der Waals surface area contributed by atoms with E-state index in [0.29, 0.717) is 19.0 Å². The number of aromatic nitrogens is 2. The molecule has 1 aromatic carbocycles. The third-order valence-electron chi connectivity index (χ3n) is 5.46. The molecule has 1 saturated carbocycles. The minimum absolute atomic E-state index is 0.0400. The number of amides is 2. The number of carbonyl (C=O) groups excluding carboxylic acids is 1. The first kappa shape index (κ1) is 16.1. The van der Waals surface area contributed by atoms with Crippen molar-refractivity contribution in [3.05, 3.63) is 47.7 Å². The van der Waals surface area contributed by atoms with Crippen molar-refractivity contribution in [2.75, 3.05) is 25.0 Å². The van der Waals surface area contributed by atoms with Crippen LogP contribution in [0.5, 0.6) is 0 Å². The molecule has 1 aliphatic heterocycles. The highest BCUT2D eigenvalue weighted by Gasteiger charge is 2.41. The zero-order valence-corrected chi connectivity index (χ0v) is 14.5. The van der Waals surface area contributed by atoms with Crippen molar-refractivity contribution < 1.29 is 9.90 Å². The summed E-state index contributed by atoms with van der Waals surface area (Å²) in [5, 5.41) is 17.5. The number of aliphatic hydroxyl groups is 1. The predicted molar refractivity (Wildman–Crippen MR) is 95.6 cm³/mol. The molecule has 0 bridgehead atoms. The van der Waals surface area contributed by atoms with Gasteiger partial charge in [-0.3, -0.25) is 10.00 Å². The maximum atomic E-state index is 12.7. The van der Waals surface area contributed by atoms with E-state index in [0.717, 1.165) is 23.5 Å². The third kappa shape index (κ3) is 3.02. The fourth-order valence-corrected chi connectivity index (χ4v) is 3.67. The van der Waals surface area contributed by atoms with Gasteiger partial charge in [-0.1, -0.05) is 30.3 Å². The lowest BCUT2D eigenvalue weighted by molar-refractivity contribution is 0.188. The van der Waals surface area contributed by atoms with Crippen molar-refractivity contribution >= 4 is 11.8 Å². The van der Waals surface area contributed by atoms with Crippen LogP contribution >= 0.6 is 0 Å². The fourth-order valence-electron chi connectivity index (χ4n) is 3.67. The Morgan fingerprint density at radius 1 is 1.36 bits per heavy atom. The van der Waals surface area contributed by atoms with E-state index in [2.05, 4.69) is 10.4 Å². The predicted octanol–water partition coefficient (Wildman–Crippen LogP) is 2.47. The number of carbonyl (C=O) groups is 1. The van der Waals surface area contributed by atoms with E-state index in [1.807, 2.05) is 43.4 Å². The van der Waals surface area contributed by atoms with Crippen LogP contribution in [-0.2, 0) is 12.5 Å². The van der Waals surface area contributed by atoms with Gasteiger partial charge in [-0.15, -0.1) is 0 Å². The van der Waals surface area contributed by atoms with Gasteiger partial charge in [-0.25, -0.2) is 4.79 Å². The molecule has 25 heavy (non-hydrogen) atoms. The summed E-state index contributed by atoms with van der Waals surface area (Å²) in [5.41, 5.74) is 1.78. The third-order valence-corrected chi connectivity index (χ3v) is 5.46. The van der Waals surface area contributed by atoms with E-state index in [1.165, 1.54) is 12.8 Å². The molecule has 1 atom stereocenters. The smallest absolute Gasteiger partial charge is 0.323 e. The maximum absolute atomic E-state index is 12.7. The number of hydrogen-bond acceptors (Lipinski definition) is 3. The molecule has 132 valence electrons. The molecule has 2 N–H and O–H groups in total. The van der Waals surface area contributed by atoms with Gasteiger partial charge in [-0.2, -0.15) is 5.10 Å². The number of anilines is 1. The van der Waals surface area contributed by atoms with E-state index in [9.17, 15) is 9.90 Å². The average molecular weight is 340 g/mol. The maximum Gasteiger partial charge on any atom is 0.323 e. The molecule has 1 unspecified atom stereocenters. The molecular weight excluding hydrogens is 316 g/mol. The summed E-state index contributed by atoms with van der Waals surface area (Å²) in [5.74, 6) is 1.29. The van der Waals surface area contributed by atoms with Gasteiger partial charge in [0.05, 0.1) is 12.3 Å². The molecule has 1 aromatic heterocycles. The summed E-state index contributed by atoms with van der Waals surface area (Å²) in [6.07, 6.45) is 3.14. The zero-order valence-electron chi connectivity index (χ0n) is 14.5. The fraction of sp³-hybridized carbons (Fsp3) is 0.474. The first-order chi connectivity index (χ1) is 12.1. The number of nitrogens with zero attached hydrogens (tertiary/aromatic N) is 3. The van der Waals surface area contributed by atoms with Crippen molar-refractivity contribution in [3.8, 4) is 0 Å². The van der Waals surface area contributed by atoms with E-state index >= 15 is 0 Å². The van der Waals surface area contributed by atoms with Gasteiger partial charge in [0.25, 0.3) is 0 Å². The minimum atomic E-state index is -0.371. The lowest BCUT2D eigenvalue weighted by Gasteiger charge is -2.27. The normalized spacial score (nSPS) is 23.0. The molecule has 4 rings (SSSR count). The number of urea groups is 1. The second kappa shape index (κ2) is 6.19. The molecule has 6 nitrogen and oxygen atoms in total. The molecule has 1 saturated heterocycles. The summed E-state index contributed by atoms with van der Waals surface area (Å²) < 4.78 is 1.73. The number of rotatable bonds is 4. The molecule has 2 fully saturated rings. The highest BCUT2D eigenvalue weighted by atomic mass is 16.3. The van der Waals surface area contributed by atoms with Crippen molar-refractivity contribution in [1.29, 1.82) is 0 Å². The van der Waals surface area contributed by atoms with Crippen molar-refractivity contribution in [1.82, 2.24) is 14.7 Å². The molecule has 2 aromatic rings. The van der Waals surface area contributed by atoms with Crippen LogP contribution in [-0.4, -0.2) is 45.5 Å². The van der Waals surface area contributed by atoms with Gasteiger partial charge in [0.15, 0.2) is 0 Å². The number of likely N-dealkylation sites (tertiary alicyclic amines) is 1. The van der Waals surface area contributed by atoms with Crippen LogP contribution < -0.4 is 5.32 Å². The van der Waals surface area contributed by atoms with Crippen molar-refractivity contribution in [2.24, 2.45) is 7.05 Å². The zero-order chi connectivity index (χ0) is 17.4. The van der Waals surface area contributed by atoms with E-state index in [1.54, 1.807) is 9.58 Å². The Hall–Kier alpha value is -2.34. The highest BCUT2D eigenvalue weighted by Crippen LogP contribution is 2.40. The minimum Gasteiger partial charge on any atom is -0.395 e. The standard InChI is InChI=1S/C19H24N4O2/c1-22-17(11-16(21-22)14-7-8-14)20-18(25)23-10-9-19(12-23,13-24)15-5-3-2-4-6-15/h2-6,11,14,24H,7-10,12-13H2,1H3,(H,20,25). The lowest BCUT2D eigenvalue weighted by Crippen LogP contribution is -2.39. The molecular formula is C19H24N4O2.